The van der Waals surface area contributed by atoms with Crippen LogP contribution in [0.1, 0.15) is 19.8 Å². The molecule has 0 aromatic rings. The molecule has 1 amide bonds. The lowest BCUT2D eigenvalue weighted by molar-refractivity contribution is -0.194. The summed E-state index contributed by atoms with van der Waals surface area (Å²) >= 11 is 0. The SMILES string of the molecule is COCC1CN(CC(C)(F)F)CC2(CCN(C(=O)O)CC2)O1. The van der Waals surface area contributed by atoms with Gasteiger partial charge in [0, 0.05) is 40.2 Å². The van der Waals surface area contributed by atoms with Gasteiger partial charge >= 0.3 is 6.09 Å². The van der Waals surface area contributed by atoms with Crippen LogP contribution in [0.3, 0.4) is 0 Å². The number of morpholine rings is 1. The molecule has 0 aliphatic carbocycles. The Bertz CT molecular complexity index is 395. The van der Waals surface area contributed by atoms with Crippen molar-refractivity contribution in [3.8, 4) is 0 Å². The summed E-state index contributed by atoms with van der Waals surface area (Å²) in [6.07, 6.45) is -0.176. The average molecular weight is 322 g/mol. The van der Waals surface area contributed by atoms with Crippen molar-refractivity contribution in [2.45, 2.75) is 37.4 Å². The van der Waals surface area contributed by atoms with Crippen LogP contribution in [0.4, 0.5) is 13.6 Å². The third kappa shape index (κ3) is 4.50. The zero-order valence-corrected chi connectivity index (χ0v) is 13.1. The van der Waals surface area contributed by atoms with Gasteiger partial charge in [-0.3, -0.25) is 4.90 Å². The highest BCUT2D eigenvalue weighted by Gasteiger charge is 2.45. The molecule has 6 nitrogen and oxygen atoms in total. The summed E-state index contributed by atoms with van der Waals surface area (Å²) < 4.78 is 37.9. The molecule has 0 bridgehead atoms. The van der Waals surface area contributed by atoms with Crippen molar-refractivity contribution in [3.05, 3.63) is 0 Å². The minimum Gasteiger partial charge on any atom is -0.465 e. The Kier molecular flexibility index (Phi) is 5.24. The van der Waals surface area contributed by atoms with Crippen molar-refractivity contribution in [3.63, 3.8) is 0 Å². The maximum atomic E-state index is 13.3. The monoisotopic (exact) mass is 322 g/mol. The summed E-state index contributed by atoms with van der Waals surface area (Å²) in [5, 5.41) is 9.02. The molecule has 2 heterocycles. The Morgan fingerprint density at radius 1 is 1.45 bits per heavy atom. The number of carbonyl (C=O) groups is 1. The van der Waals surface area contributed by atoms with Gasteiger partial charge in [-0.15, -0.1) is 0 Å². The lowest BCUT2D eigenvalue weighted by atomic mass is 9.88. The fraction of sp³-hybridized carbons (Fsp3) is 0.929. The third-order valence-corrected chi connectivity index (χ3v) is 4.19. The van der Waals surface area contributed by atoms with Crippen LogP contribution in [0, 0.1) is 0 Å². The second kappa shape index (κ2) is 6.64. The summed E-state index contributed by atoms with van der Waals surface area (Å²) in [7, 11) is 1.55. The molecule has 1 unspecified atom stereocenters. The molecule has 0 aromatic carbocycles. The van der Waals surface area contributed by atoms with Crippen LogP contribution in [0.15, 0.2) is 0 Å². The van der Waals surface area contributed by atoms with Gasteiger partial charge in [-0.05, 0) is 12.8 Å². The van der Waals surface area contributed by atoms with Gasteiger partial charge in [-0.1, -0.05) is 0 Å². The number of nitrogens with zero attached hydrogens (tertiary/aromatic N) is 2. The summed E-state index contributed by atoms with van der Waals surface area (Å²) in [4.78, 5) is 14.1. The molecule has 2 rings (SSSR count). The van der Waals surface area contributed by atoms with E-state index in [9.17, 15) is 13.6 Å². The molecule has 1 N–H and O–H groups in total. The van der Waals surface area contributed by atoms with Crippen molar-refractivity contribution < 1.29 is 28.2 Å². The van der Waals surface area contributed by atoms with E-state index >= 15 is 0 Å². The summed E-state index contributed by atoms with van der Waals surface area (Å²) in [6, 6.07) is 0. The molecule has 2 aliphatic rings. The first kappa shape index (κ1) is 17.4. The number of halogens is 2. The van der Waals surface area contributed by atoms with E-state index < -0.39 is 17.6 Å². The zero-order chi connectivity index (χ0) is 16.4. The first-order valence-corrected chi connectivity index (χ1v) is 7.48. The van der Waals surface area contributed by atoms with E-state index in [1.807, 2.05) is 0 Å². The molecule has 8 heteroatoms. The number of methoxy groups -OCH3 is 1. The van der Waals surface area contributed by atoms with Crippen LogP contribution in [0.25, 0.3) is 0 Å². The van der Waals surface area contributed by atoms with Crippen LogP contribution < -0.4 is 0 Å². The number of alkyl halides is 2. The minimum atomic E-state index is -2.77. The Balaban J connectivity index is 2.04. The molecule has 22 heavy (non-hydrogen) atoms. The first-order chi connectivity index (χ1) is 10.2. The molecule has 2 aliphatic heterocycles. The van der Waals surface area contributed by atoms with Crippen LogP contribution in [0.2, 0.25) is 0 Å². The first-order valence-electron chi connectivity index (χ1n) is 7.48. The Morgan fingerprint density at radius 2 is 2.09 bits per heavy atom. The molecule has 0 aromatic heterocycles. The smallest absolute Gasteiger partial charge is 0.407 e. The summed E-state index contributed by atoms with van der Waals surface area (Å²) in [6.45, 7) is 2.48. The molecule has 2 fully saturated rings. The number of hydrogen-bond acceptors (Lipinski definition) is 4. The average Bonchev–Trinajstić information content (AvgIpc) is 2.36. The lowest BCUT2D eigenvalue weighted by Crippen LogP contribution is -2.61. The minimum absolute atomic E-state index is 0.266. The predicted octanol–water partition coefficient (Wildman–Crippen LogP) is 1.50. The van der Waals surface area contributed by atoms with E-state index in [1.54, 1.807) is 12.0 Å². The van der Waals surface area contributed by atoms with Gasteiger partial charge < -0.3 is 19.5 Å². The maximum Gasteiger partial charge on any atom is 0.407 e. The molecule has 1 atom stereocenters. The van der Waals surface area contributed by atoms with Gasteiger partial charge in [0.25, 0.3) is 5.92 Å². The Labute approximate surface area is 129 Å². The quantitative estimate of drug-likeness (QED) is 0.850. The normalized spacial score (nSPS) is 26.4. The van der Waals surface area contributed by atoms with Crippen molar-refractivity contribution in [2.75, 3.05) is 46.4 Å². The molecule has 128 valence electrons. The molecular weight excluding hydrogens is 298 g/mol. The van der Waals surface area contributed by atoms with Gasteiger partial charge in [-0.25, -0.2) is 13.6 Å². The zero-order valence-electron chi connectivity index (χ0n) is 13.1. The molecular formula is C14H24F2N2O4. The number of hydrogen-bond donors (Lipinski definition) is 1. The van der Waals surface area contributed by atoms with Gasteiger partial charge in [0.2, 0.25) is 0 Å². The maximum absolute atomic E-state index is 13.3. The van der Waals surface area contributed by atoms with E-state index in [0.717, 1.165) is 6.92 Å². The van der Waals surface area contributed by atoms with E-state index in [2.05, 4.69) is 0 Å². The lowest BCUT2D eigenvalue weighted by Gasteiger charge is -2.49. The van der Waals surface area contributed by atoms with Gasteiger partial charge in [0.05, 0.1) is 24.9 Å². The number of likely N-dealkylation sites (tertiary alicyclic amines) is 1. The van der Waals surface area contributed by atoms with E-state index in [0.29, 0.717) is 45.6 Å². The summed E-state index contributed by atoms with van der Waals surface area (Å²) in [5.41, 5.74) is -0.557. The summed E-state index contributed by atoms with van der Waals surface area (Å²) in [5.74, 6) is -2.77. The molecule has 0 radical (unpaired) electrons. The number of carboxylic acid groups (broad SMARTS) is 1. The van der Waals surface area contributed by atoms with Crippen LogP contribution in [0.5, 0.6) is 0 Å². The number of amides is 1. The third-order valence-electron chi connectivity index (χ3n) is 4.19. The topological polar surface area (TPSA) is 62.2 Å². The second-order valence-corrected chi connectivity index (χ2v) is 6.39. The van der Waals surface area contributed by atoms with Crippen molar-refractivity contribution in [1.82, 2.24) is 9.80 Å². The van der Waals surface area contributed by atoms with Gasteiger partial charge in [-0.2, -0.15) is 0 Å². The number of rotatable bonds is 4. The molecule has 1 spiro atoms. The standard InChI is InChI=1S/C14H24F2N2O4/c1-13(15,16)9-17-7-11(8-21-2)22-14(10-17)3-5-18(6-4-14)12(19)20/h11H,3-10H2,1-2H3,(H,19,20). The highest BCUT2D eigenvalue weighted by atomic mass is 19.3. The van der Waals surface area contributed by atoms with Crippen molar-refractivity contribution in [1.29, 1.82) is 0 Å². The highest BCUT2D eigenvalue weighted by Crippen LogP contribution is 2.33. The number of ether oxygens (including phenoxy) is 2. The Morgan fingerprint density at radius 3 is 2.59 bits per heavy atom. The fourth-order valence-corrected chi connectivity index (χ4v) is 3.36. The van der Waals surface area contributed by atoms with Crippen LogP contribution in [-0.2, 0) is 9.47 Å². The van der Waals surface area contributed by atoms with Gasteiger partial charge in [0.15, 0.2) is 0 Å². The molecule has 0 saturated carbocycles. The van der Waals surface area contributed by atoms with Crippen molar-refractivity contribution in [2.24, 2.45) is 0 Å². The van der Waals surface area contributed by atoms with E-state index in [4.69, 9.17) is 14.6 Å². The van der Waals surface area contributed by atoms with E-state index in [-0.39, 0.29) is 12.6 Å². The number of piperidine rings is 1. The van der Waals surface area contributed by atoms with Crippen LogP contribution >= 0.6 is 0 Å². The predicted molar refractivity (Wildman–Crippen MR) is 75.4 cm³/mol. The van der Waals surface area contributed by atoms with E-state index in [1.165, 1.54) is 4.90 Å². The van der Waals surface area contributed by atoms with Crippen LogP contribution in [-0.4, -0.2) is 85.1 Å². The highest BCUT2D eigenvalue weighted by molar-refractivity contribution is 5.65. The fourth-order valence-electron chi connectivity index (χ4n) is 3.36. The molecule has 2 saturated heterocycles. The van der Waals surface area contributed by atoms with Crippen molar-refractivity contribution >= 4 is 6.09 Å². The second-order valence-electron chi connectivity index (χ2n) is 6.39. The van der Waals surface area contributed by atoms with Gasteiger partial charge in [0.1, 0.15) is 0 Å². The Hall–Kier alpha value is -0.990. The largest absolute Gasteiger partial charge is 0.465 e.